The third-order valence-corrected chi connectivity index (χ3v) is 4.85. The molecule has 0 fully saturated rings. The topological polar surface area (TPSA) is 69.0 Å². The van der Waals surface area contributed by atoms with E-state index >= 15 is 0 Å². The summed E-state index contributed by atoms with van der Waals surface area (Å²) >= 11 is 0. The van der Waals surface area contributed by atoms with Gasteiger partial charge in [0.25, 0.3) is 0 Å². The monoisotopic (exact) mass is 381 g/mol. The Bertz CT molecular complexity index is 1070. The summed E-state index contributed by atoms with van der Waals surface area (Å²) in [5.74, 6) is 1.08. The number of hydrogen-bond acceptors (Lipinski definition) is 6. The highest BCUT2D eigenvalue weighted by molar-refractivity contribution is 6.02. The highest BCUT2D eigenvalue weighted by Crippen LogP contribution is 2.37. The van der Waals surface area contributed by atoms with Gasteiger partial charge in [-0.25, -0.2) is 4.79 Å². The molecule has 0 aliphatic carbocycles. The van der Waals surface area contributed by atoms with E-state index in [1.165, 1.54) is 7.11 Å². The standard InChI is InChI=1S/C22H23NO5/c1-5-23(6-2)15-8-9-16-19(12-15)28-22(25)17(13-24)21(16)14-7-10-18(26-3)20(11-14)27-4/h7-13H,5-6H2,1-4H3. The maximum atomic E-state index is 12.5. The molecule has 0 radical (unpaired) electrons. The number of hydrogen-bond donors (Lipinski definition) is 0. The summed E-state index contributed by atoms with van der Waals surface area (Å²) in [6.07, 6.45) is 0.537. The molecule has 6 nitrogen and oxygen atoms in total. The first-order chi connectivity index (χ1) is 13.6. The number of fused-ring (bicyclic) bond motifs is 1. The van der Waals surface area contributed by atoms with Crippen LogP contribution in [0.3, 0.4) is 0 Å². The number of carbonyl (C=O) groups excluding carboxylic acids is 1. The van der Waals surface area contributed by atoms with Crippen LogP contribution < -0.4 is 20.0 Å². The summed E-state index contributed by atoms with van der Waals surface area (Å²) in [5, 5.41) is 0.685. The molecule has 6 heteroatoms. The van der Waals surface area contributed by atoms with E-state index < -0.39 is 5.63 Å². The summed E-state index contributed by atoms with van der Waals surface area (Å²) in [5.41, 5.74) is 1.91. The van der Waals surface area contributed by atoms with Gasteiger partial charge in [0.15, 0.2) is 17.8 Å². The van der Waals surface area contributed by atoms with Crippen molar-refractivity contribution in [2.75, 3.05) is 32.2 Å². The van der Waals surface area contributed by atoms with Gasteiger partial charge in [0.2, 0.25) is 0 Å². The smallest absolute Gasteiger partial charge is 0.347 e. The lowest BCUT2D eigenvalue weighted by Gasteiger charge is -2.21. The number of benzene rings is 2. The number of rotatable bonds is 7. The van der Waals surface area contributed by atoms with Gasteiger partial charge in [-0.3, -0.25) is 4.79 Å². The Morgan fingerprint density at radius 1 is 1.00 bits per heavy atom. The van der Waals surface area contributed by atoms with Crippen molar-refractivity contribution in [3.63, 3.8) is 0 Å². The lowest BCUT2D eigenvalue weighted by molar-refractivity contribution is 0.112. The molecule has 0 atom stereocenters. The van der Waals surface area contributed by atoms with E-state index in [2.05, 4.69) is 18.7 Å². The van der Waals surface area contributed by atoms with E-state index in [0.29, 0.717) is 39.9 Å². The highest BCUT2D eigenvalue weighted by Gasteiger charge is 2.18. The molecule has 0 unspecified atom stereocenters. The second-order valence-electron chi connectivity index (χ2n) is 6.22. The fourth-order valence-electron chi connectivity index (χ4n) is 3.40. The van der Waals surface area contributed by atoms with Gasteiger partial charge in [0, 0.05) is 35.8 Å². The average Bonchev–Trinajstić information content (AvgIpc) is 2.73. The van der Waals surface area contributed by atoms with Crippen molar-refractivity contribution in [2.24, 2.45) is 0 Å². The van der Waals surface area contributed by atoms with Gasteiger partial charge in [-0.2, -0.15) is 0 Å². The quantitative estimate of drug-likeness (QED) is 0.453. The Labute approximate surface area is 163 Å². The zero-order valence-corrected chi connectivity index (χ0v) is 16.4. The van der Waals surface area contributed by atoms with Gasteiger partial charge in [-0.15, -0.1) is 0 Å². The first-order valence-electron chi connectivity index (χ1n) is 9.11. The summed E-state index contributed by atoms with van der Waals surface area (Å²) < 4.78 is 16.1. The summed E-state index contributed by atoms with van der Waals surface area (Å²) in [6, 6.07) is 11.0. The number of carbonyl (C=O) groups is 1. The number of aldehydes is 1. The van der Waals surface area contributed by atoms with Crippen molar-refractivity contribution < 1.29 is 18.7 Å². The number of ether oxygens (including phenoxy) is 2. The number of nitrogens with zero attached hydrogens (tertiary/aromatic N) is 1. The van der Waals surface area contributed by atoms with Crippen LogP contribution in [0.5, 0.6) is 11.5 Å². The van der Waals surface area contributed by atoms with E-state index in [1.807, 2.05) is 18.2 Å². The zero-order valence-electron chi connectivity index (χ0n) is 16.4. The van der Waals surface area contributed by atoms with Crippen molar-refractivity contribution in [3.8, 4) is 22.6 Å². The van der Waals surface area contributed by atoms with Gasteiger partial charge in [0.1, 0.15) is 11.1 Å². The fourth-order valence-corrected chi connectivity index (χ4v) is 3.40. The molecule has 2 aromatic carbocycles. The molecule has 3 aromatic rings. The Kier molecular flexibility index (Phi) is 5.68. The van der Waals surface area contributed by atoms with Crippen molar-refractivity contribution in [3.05, 3.63) is 52.4 Å². The van der Waals surface area contributed by atoms with Crippen LogP contribution in [-0.4, -0.2) is 33.6 Å². The first-order valence-corrected chi connectivity index (χ1v) is 9.11. The molecule has 3 rings (SSSR count). The number of methoxy groups -OCH3 is 2. The van der Waals surface area contributed by atoms with Crippen LogP contribution in [-0.2, 0) is 0 Å². The normalized spacial score (nSPS) is 10.7. The van der Waals surface area contributed by atoms with Gasteiger partial charge in [-0.05, 0) is 43.7 Å². The van der Waals surface area contributed by atoms with Crippen LogP contribution in [0.4, 0.5) is 5.69 Å². The van der Waals surface area contributed by atoms with Gasteiger partial charge < -0.3 is 18.8 Å². The summed E-state index contributed by atoms with van der Waals surface area (Å²) in [7, 11) is 3.09. The van der Waals surface area contributed by atoms with Crippen LogP contribution in [0.1, 0.15) is 24.2 Å². The van der Waals surface area contributed by atoms with Crippen LogP contribution >= 0.6 is 0 Å². The molecule has 1 aromatic heterocycles. The van der Waals surface area contributed by atoms with Crippen LogP contribution in [0.2, 0.25) is 0 Å². The van der Waals surface area contributed by atoms with E-state index in [-0.39, 0.29) is 5.56 Å². The van der Waals surface area contributed by atoms with Crippen LogP contribution in [0, 0.1) is 0 Å². The lowest BCUT2D eigenvalue weighted by Crippen LogP contribution is -2.21. The predicted molar refractivity (Wildman–Crippen MR) is 110 cm³/mol. The second kappa shape index (κ2) is 8.17. The minimum absolute atomic E-state index is 0.0182. The lowest BCUT2D eigenvalue weighted by atomic mass is 9.97. The van der Waals surface area contributed by atoms with Gasteiger partial charge in [-0.1, -0.05) is 6.07 Å². The van der Waals surface area contributed by atoms with Crippen molar-refractivity contribution in [1.82, 2.24) is 0 Å². The molecule has 28 heavy (non-hydrogen) atoms. The molecule has 0 amide bonds. The van der Waals surface area contributed by atoms with Gasteiger partial charge >= 0.3 is 5.63 Å². The third-order valence-electron chi connectivity index (χ3n) is 4.85. The number of anilines is 1. The molecule has 0 saturated heterocycles. The minimum atomic E-state index is -0.663. The molecule has 0 bridgehead atoms. The molecular weight excluding hydrogens is 358 g/mol. The maximum absolute atomic E-state index is 12.5. The van der Waals surface area contributed by atoms with E-state index in [0.717, 1.165) is 18.8 Å². The van der Waals surface area contributed by atoms with E-state index in [1.54, 1.807) is 25.3 Å². The largest absolute Gasteiger partial charge is 0.493 e. The average molecular weight is 381 g/mol. The van der Waals surface area contributed by atoms with E-state index in [9.17, 15) is 9.59 Å². The zero-order chi connectivity index (χ0) is 20.3. The van der Waals surface area contributed by atoms with E-state index in [4.69, 9.17) is 13.9 Å². The maximum Gasteiger partial charge on any atom is 0.347 e. The first kappa shape index (κ1) is 19.5. The summed E-state index contributed by atoms with van der Waals surface area (Å²) in [4.78, 5) is 26.3. The third kappa shape index (κ3) is 3.33. The molecule has 1 heterocycles. The van der Waals surface area contributed by atoms with Crippen molar-refractivity contribution in [1.29, 1.82) is 0 Å². The molecule has 146 valence electrons. The van der Waals surface area contributed by atoms with Gasteiger partial charge in [0.05, 0.1) is 14.2 Å². The van der Waals surface area contributed by atoms with Crippen molar-refractivity contribution >= 4 is 22.9 Å². The molecule has 0 N–H and O–H groups in total. The Balaban J connectivity index is 2.31. The Hall–Kier alpha value is -3.28. The minimum Gasteiger partial charge on any atom is -0.493 e. The molecule has 0 spiro atoms. The summed E-state index contributed by atoms with van der Waals surface area (Å²) in [6.45, 7) is 5.80. The van der Waals surface area contributed by atoms with Crippen molar-refractivity contribution in [2.45, 2.75) is 13.8 Å². The Morgan fingerprint density at radius 3 is 2.32 bits per heavy atom. The SMILES string of the molecule is CCN(CC)c1ccc2c(-c3ccc(OC)c(OC)c3)c(C=O)c(=O)oc2c1. The molecular formula is C22H23NO5. The fraction of sp³-hybridized carbons (Fsp3) is 0.273. The molecule has 0 saturated carbocycles. The highest BCUT2D eigenvalue weighted by atomic mass is 16.5. The molecule has 0 aliphatic rings. The van der Waals surface area contributed by atoms with Crippen LogP contribution in [0.25, 0.3) is 22.1 Å². The van der Waals surface area contributed by atoms with Crippen LogP contribution in [0.15, 0.2) is 45.6 Å². The molecule has 0 aliphatic heterocycles. The predicted octanol–water partition coefficient (Wildman–Crippen LogP) is 4.14. The Morgan fingerprint density at radius 2 is 1.71 bits per heavy atom. The second-order valence-corrected chi connectivity index (χ2v) is 6.22.